The Kier molecular flexibility index (Phi) is 5.15. The number of urea groups is 1. The lowest BCUT2D eigenvalue weighted by Crippen LogP contribution is -2.34. The third-order valence-corrected chi connectivity index (χ3v) is 3.07. The van der Waals surface area contributed by atoms with E-state index in [-0.39, 0.29) is 6.03 Å². The molecule has 0 fully saturated rings. The predicted molar refractivity (Wildman–Crippen MR) is 79.9 cm³/mol. The Bertz CT molecular complexity index is 555. The highest BCUT2D eigenvalue weighted by Crippen LogP contribution is 2.07. The molecule has 104 valence electrons. The Morgan fingerprint density at radius 2 is 1.45 bits per heavy atom. The molecule has 0 aliphatic carbocycles. The van der Waals surface area contributed by atoms with Crippen LogP contribution in [0.4, 0.5) is 4.79 Å². The van der Waals surface area contributed by atoms with Gasteiger partial charge in [0.1, 0.15) is 0 Å². The molecule has 0 unspecified atom stereocenters. The highest BCUT2D eigenvalue weighted by atomic mass is 16.2. The maximum absolute atomic E-state index is 11.7. The van der Waals surface area contributed by atoms with Crippen molar-refractivity contribution in [1.82, 2.24) is 10.6 Å². The number of carbonyl (C=O) groups excluding carboxylic acids is 1. The standard InChI is InChI=1S/C16H19N3O/c17-10-14-8-4-5-9-15(14)12-19-16(20)18-11-13-6-2-1-3-7-13/h1-9H,10-12,17H2,(H2,18,19,20). The van der Waals surface area contributed by atoms with Crippen molar-refractivity contribution in [3.05, 3.63) is 71.3 Å². The molecule has 0 aromatic heterocycles. The zero-order valence-electron chi connectivity index (χ0n) is 11.3. The van der Waals surface area contributed by atoms with Gasteiger partial charge in [0.05, 0.1) is 0 Å². The number of amides is 2. The zero-order valence-corrected chi connectivity index (χ0v) is 11.3. The van der Waals surface area contributed by atoms with Gasteiger partial charge in [-0.25, -0.2) is 4.79 Å². The number of hydrogen-bond acceptors (Lipinski definition) is 2. The zero-order chi connectivity index (χ0) is 14.2. The van der Waals surface area contributed by atoms with Crippen molar-refractivity contribution < 1.29 is 4.79 Å². The van der Waals surface area contributed by atoms with Gasteiger partial charge in [0, 0.05) is 19.6 Å². The molecule has 0 saturated heterocycles. The van der Waals surface area contributed by atoms with Crippen molar-refractivity contribution in [2.24, 2.45) is 5.73 Å². The quantitative estimate of drug-likeness (QED) is 0.778. The van der Waals surface area contributed by atoms with Crippen LogP contribution in [0.2, 0.25) is 0 Å². The Hall–Kier alpha value is -2.33. The van der Waals surface area contributed by atoms with E-state index in [1.807, 2.05) is 54.6 Å². The summed E-state index contributed by atoms with van der Waals surface area (Å²) in [5, 5.41) is 5.66. The molecule has 0 atom stereocenters. The molecule has 4 nitrogen and oxygen atoms in total. The lowest BCUT2D eigenvalue weighted by Gasteiger charge is -2.10. The highest BCUT2D eigenvalue weighted by molar-refractivity contribution is 5.73. The van der Waals surface area contributed by atoms with E-state index in [2.05, 4.69) is 10.6 Å². The van der Waals surface area contributed by atoms with Crippen molar-refractivity contribution in [2.75, 3.05) is 0 Å². The van der Waals surface area contributed by atoms with Crippen LogP contribution in [0.1, 0.15) is 16.7 Å². The highest BCUT2D eigenvalue weighted by Gasteiger charge is 2.03. The first kappa shape index (κ1) is 14.1. The van der Waals surface area contributed by atoms with E-state index in [4.69, 9.17) is 5.73 Å². The molecule has 4 N–H and O–H groups in total. The summed E-state index contributed by atoms with van der Waals surface area (Å²) in [6.07, 6.45) is 0. The van der Waals surface area contributed by atoms with Crippen LogP contribution in [0.5, 0.6) is 0 Å². The van der Waals surface area contributed by atoms with Crippen molar-refractivity contribution in [3.63, 3.8) is 0 Å². The second-order valence-electron chi connectivity index (χ2n) is 4.49. The third-order valence-electron chi connectivity index (χ3n) is 3.07. The number of rotatable bonds is 5. The molecule has 2 aromatic rings. The summed E-state index contributed by atoms with van der Waals surface area (Å²) in [5.41, 5.74) is 8.84. The molecule has 0 saturated carbocycles. The van der Waals surface area contributed by atoms with Gasteiger partial charge in [-0.05, 0) is 16.7 Å². The Morgan fingerprint density at radius 1 is 0.850 bits per heavy atom. The summed E-state index contributed by atoms with van der Waals surface area (Å²) in [6, 6.07) is 17.5. The van der Waals surface area contributed by atoms with Crippen molar-refractivity contribution in [2.45, 2.75) is 19.6 Å². The predicted octanol–water partition coefficient (Wildman–Crippen LogP) is 2.14. The third kappa shape index (κ3) is 4.10. The van der Waals surface area contributed by atoms with Gasteiger partial charge in [-0.1, -0.05) is 54.6 Å². The minimum Gasteiger partial charge on any atom is -0.334 e. The van der Waals surface area contributed by atoms with Crippen LogP contribution in [0.15, 0.2) is 54.6 Å². The van der Waals surface area contributed by atoms with Gasteiger partial charge < -0.3 is 16.4 Å². The lowest BCUT2D eigenvalue weighted by molar-refractivity contribution is 0.240. The Morgan fingerprint density at radius 3 is 2.15 bits per heavy atom. The molecular weight excluding hydrogens is 250 g/mol. The van der Waals surface area contributed by atoms with Crippen LogP contribution in [0.25, 0.3) is 0 Å². The Balaban J connectivity index is 1.80. The second kappa shape index (κ2) is 7.31. The molecule has 0 radical (unpaired) electrons. The molecule has 2 rings (SSSR count). The van der Waals surface area contributed by atoms with E-state index < -0.39 is 0 Å². The van der Waals surface area contributed by atoms with Crippen LogP contribution in [-0.4, -0.2) is 6.03 Å². The summed E-state index contributed by atoms with van der Waals surface area (Å²) in [4.78, 5) is 11.7. The molecule has 0 aliphatic heterocycles. The van der Waals surface area contributed by atoms with Gasteiger partial charge in [-0.3, -0.25) is 0 Å². The minimum atomic E-state index is -0.180. The number of hydrogen-bond donors (Lipinski definition) is 3. The van der Waals surface area contributed by atoms with E-state index in [9.17, 15) is 4.79 Å². The minimum absolute atomic E-state index is 0.180. The van der Waals surface area contributed by atoms with Crippen LogP contribution in [-0.2, 0) is 19.6 Å². The van der Waals surface area contributed by atoms with Crippen molar-refractivity contribution in [3.8, 4) is 0 Å². The number of nitrogens with one attached hydrogen (secondary N) is 2. The first-order chi connectivity index (χ1) is 9.79. The van der Waals surface area contributed by atoms with E-state index >= 15 is 0 Å². The van der Waals surface area contributed by atoms with Crippen LogP contribution < -0.4 is 16.4 Å². The van der Waals surface area contributed by atoms with Gasteiger partial charge in [-0.15, -0.1) is 0 Å². The first-order valence-corrected chi connectivity index (χ1v) is 6.62. The molecular formula is C16H19N3O. The average molecular weight is 269 g/mol. The molecule has 2 amide bonds. The molecule has 4 heteroatoms. The van der Waals surface area contributed by atoms with Crippen LogP contribution >= 0.6 is 0 Å². The van der Waals surface area contributed by atoms with Crippen LogP contribution in [0, 0.1) is 0 Å². The molecule has 2 aromatic carbocycles. The maximum atomic E-state index is 11.7. The number of nitrogens with two attached hydrogens (primary N) is 1. The van der Waals surface area contributed by atoms with Crippen molar-refractivity contribution in [1.29, 1.82) is 0 Å². The van der Waals surface area contributed by atoms with E-state index in [0.29, 0.717) is 19.6 Å². The average Bonchev–Trinajstić information content (AvgIpc) is 2.52. The first-order valence-electron chi connectivity index (χ1n) is 6.62. The maximum Gasteiger partial charge on any atom is 0.315 e. The SMILES string of the molecule is NCc1ccccc1CNC(=O)NCc1ccccc1. The van der Waals surface area contributed by atoms with Crippen molar-refractivity contribution >= 4 is 6.03 Å². The molecule has 0 bridgehead atoms. The monoisotopic (exact) mass is 269 g/mol. The van der Waals surface area contributed by atoms with Gasteiger partial charge >= 0.3 is 6.03 Å². The van der Waals surface area contributed by atoms with Gasteiger partial charge in [0.25, 0.3) is 0 Å². The topological polar surface area (TPSA) is 67.1 Å². The second-order valence-corrected chi connectivity index (χ2v) is 4.49. The van der Waals surface area contributed by atoms with Crippen LogP contribution in [0.3, 0.4) is 0 Å². The number of benzene rings is 2. The summed E-state index contributed by atoms with van der Waals surface area (Å²) in [5.74, 6) is 0. The molecule has 0 spiro atoms. The molecule has 0 heterocycles. The normalized spacial score (nSPS) is 10.1. The van der Waals surface area contributed by atoms with Gasteiger partial charge in [0.2, 0.25) is 0 Å². The van der Waals surface area contributed by atoms with Gasteiger partial charge in [0.15, 0.2) is 0 Å². The smallest absolute Gasteiger partial charge is 0.315 e. The Labute approximate surface area is 119 Å². The molecule has 20 heavy (non-hydrogen) atoms. The fraction of sp³-hybridized carbons (Fsp3) is 0.188. The summed E-state index contributed by atoms with van der Waals surface area (Å²) in [6.45, 7) is 1.47. The summed E-state index contributed by atoms with van der Waals surface area (Å²) < 4.78 is 0. The molecule has 0 aliphatic rings. The fourth-order valence-corrected chi connectivity index (χ4v) is 1.95. The van der Waals surface area contributed by atoms with E-state index in [1.165, 1.54) is 0 Å². The van der Waals surface area contributed by atoms with E-state index in [0.717, 1.165) is 16.7 Å². The lowest BCUT2D eigenvalue weighted by atomic mass is 10.1. The summed E-state index contributed by atoms with van der Waals surface area (Å²) >= 11 is 0. The van der Waals surface area contributed by atoms with E-state index in [1.54, 1.807) is 0 Å². The fourth-order valence-electron chi connectivity index (χ4n) is 1.95. The largest absolute Gasteiger partial charge is 0.334 e. The van der Waals surface area contributed by atoms with Gasteiger partial charge in [-0.2, -0.15) is 0 Å². The number of carbonyl (C=O) groups is 1. The summed E-state index contributed by atoms with van der Waals surface area (Å²) in [7, 11) is 0.